The fraction of sp³-hybridized carbons (Fsp3) is 0.100. The molecule has 0 heterocycles. The maximum atomic E-state index is 10.2. The normalized spacial score (nSPS) is 10.4. The molecule has 0 aromatic heterocycles. The second-order valence-corrected chi connectivity index (χ2v) is 3.43. The van der Waals surface area contributed by atoms with Crippen molar-refractivity contribution in [2.45, 2.75) is 4.90 Å². The van der Waals surface area contributed by atoms with E-state index in [1.807, 2.05) is 30.5 Å². The second kappa shape index (κ2) is 5.34. The van der Waals surface area contributed by atoms with E-state index in [1.54, 1.807) is 11.8 Å². The van der Waals surface area contributed by atoms with E-state index < -0.39 is 5.97 Å². The summed E-state index contributed by atoms with van der Waals surface area (Å²) < 4.78 is 0. The monoisotopic (exact) mass is 209 g/mol. The summed E-state index contributed by atoms with van der Waals surface area (Å²) in [6.45, 7) is 0. The molecule has 1 aromatic carbocycles. The molecule has 0 atom stereocenters. The van der Waals surface area contributed by atoms with Crippen LogP contribution in [0.3, 0.4) is 0 Å². The van der Waals surface area contributed by atoms with Gasteiger partial charge in [-0.1, -0.05) is 6.07 Å². The van der Waals surface area contributed by atoms with E-state index >= 15 is 0 Å². The van der Waals surface area contributed by atoms with Gasteiger partial charge in [-0.05, 0) is 24.5 Å². The van der Waals surface area contributed by atoms with Crippen molar-refractivity contribution in [2.24, 2.45) is 0 Å². The molecule has 74 valence electrons. The first-order valence-corrected chi connectivity index (χ1v) is 5.25. The van der Waals surface area contributed by atoms with Crippen LogP contribution in [0.5, 0.6) is 0 Å². The smallest absolute Gasteiger partial charge is 0.329 e. The van der Waals surface area contributed by atoms with Crippen molar-refractivity contribution in [1.29, 1.82) is 0 Å². The number of nitrogens with one attached hydrogen (secondary N) is 1. The molecule has 2 N–H and O–H groups in total. The van der Waals surface area contributed by atoms with Gasteiger partial charge in [0.25, 0.3) is 0 Å². The van der Waals surface area contributed by atoms with Crippen LogP contribution in [0.25, 0.3) is 0 Å². The number of anilines is 1. The minimum Gasteiger partial charge on any atom is -0.478 e. The van der Waals surface area contributed by atoms with Crippen LogP contribution in [0.4, 0.5) is 5.69 Å². The summed E-state index contributed by atoms with van der Waals surface area (Å²) in [5, 5.41) is 11.2. The highest BCUT2D eigenvalue weighted by molar-refractivity contribution is 7.98. The summed E-state index contributed by atoms with van der Waals surface area (Å²) in [6, 6.07) is 7.75. The SMILES string of the molecule is CSc1cccc(N/C=C/C(=O)O)c1. The summed E-state index contributed by atoms with van der Waals surface area (Å²) in [5.41, 5.74) is 0.884. The van der Waals surface area contributed by atoms with Gasteiger partial charge in [-0.3, -0.25) is 0 Å². The first kappa shape index (κ1) is 10.7. The third-order valence-corrected chi connectivity index (χ3v) is 2.27. The number of rotatable bonds is 4. The van der Waals surface area contributed by atoms with Crippen LogP contribution in [0.15, 0.2) is 41.4 Å². The maximum Gasteiger partial charge on any atom is 0.329 e. The highest BCUT2D eigenvalue weighted by Gasteiger charge is 1.92. The molecule has 0 unspecified atom stereocenters. The van der Waals surface area contributed by atoms with Crippen LogP contribution in [0.1, 0.15) is 0 Å². The predicted molar refractivity (Wildman–Crippen MR) is 58.6 cm³/mol. The van der Waals surface area contributed by atoms with E-state index in [1.165, 1.54) is 6.20 Å². The number of hydrogen-bond acceptors (Lipinski definition) is 3. The predicted octanol–water partition coefficient (Wildman–Crippen LogP) is 2.42. The van der Waals surface area contributed by atoms with Gasteiger partial charge in [0.2, 0.25) is 0 Å². The van der Waals surface area contributed by atoms with Crippen molar-refractivity contribution in [3.63, 3.8) is 0 Å². The second-order valence-electron chi connectivity index (χ2n) is 2.55. The third kappa shape index (κ3) is 3.53. The van der Waals surface area contributed by atoms with Crippen LogP contribution in [0.2, 0.25) is 0 Å². The standard InChI is InChI=1S/C10H11NO2S/c1-14-9-4-2-3-8(7-9)11-6-5-10(12)13/h2-7,11H,1H3,(H,12,13)/b6-5+. The molecule has 0 spiro atoms. The van der Waals surface area contributed by atoms with Crippen molar-refractivity contribution in [3.05, 3.63) is 36.5 Å². The Morgan fingerprint density at radius 2 is 2.36 bits per heavy atom. The Hall–Kier alpha value is -1.42. The number of hydrogen-bond donors (Lipinski definition) is 2. The zero-order chi connectivity index (χ0) is 10.4. The summed E-state index contributed by atoms with van der Waals surface area (Å²) >= 11 is 1.64. The van der Waals surface area contributed by atoms with Gasteiger partial charge in [0, 0.05) is 22.9 Å². The van der Waals surface area contributed by atoms with Crippen molar-refractivity contribution in [2.75, 3.05) is 11.6 Å². The Balaban J connectivity index is 2.63. The molecule has 0 aliphatic carbocycles. The van der Waals surface area contributed by atoms with Gasteiger partial charge >= 0.3 is 5.97 Å². The average molecular weight is 209 g/mol. The lowest BCUT2D eigenvalue weighted by Gasteiger charge is -2.01. The van der Waals surface area contributed by atoms with Gasteiger partial charge in [0.1, 0.15) is 0 Å². The van der Waals surface area contributed by atoms with Gasteiger partial charge < -0.3 is 10.4 Å². The molecule has 0 aliphatic rings. The Labute approximate surface area is 86.8 Å². The number of carboxylic acids is 1. The Bertz CT molecular complexity index is 350. The van der Waals surface area contributed by atoms with Crippen molar-refractivity contribution in [3.8, 4) is 0 Å². The molecule has 0 bridgehead atoms. The van der Waals surface area contributed by atoms with E-state index in [9.17, 15) is 4.79 Å². The number of carboxylic acid groups (broad SMARTS) is 1. The molecule has 4 heteroatoms. The molecule has 14 heavy (non-hydrogen) atoms. The average Bonchev–Trinajstić information content (AvgIpc) is 2.18. The molecular weight excluding hydrogens is 198 g/mol. The van der Waals surface area contributed by atoms with Crippen LogP contribution < -0.4 is 5.32 Å². The first-order valence-electron chi connectivity index (χ1n) is 4.02. The minimum atomic E-state index is -0.960. The van der Waals surface area contributed by atoms with Crippen LogP contribution in [-0.4, -0.2) is 17.3 Å². The van der Waals surface area contributed by atoms with Gasteiger partial charge in [-0.15, -0.1) is 11.8 Å². The highest BCUT2D eigenvalue weighted by Crippen LogP contribution is 2.18. The van der Waals surface area contributed by atoms with Gasteiger partial charge in [-0.2, -0.15) is 0 Å². The molecule has 3 nitrogen and oxygen atoms in total. The molecule has 0 aliphatic heterocycles. The molecule has 0 amide bonds. The lowest BCUT2D eigenvalue weighted by molar-refractivity contribution is -0.131. The summed E-state index contributed by atoms with van der Waals surface area (Å²) in [5.74, 6) is -0.960. The quantitative estimate of drug-likeness (QED) is 0.590. The topological polar surface area (TPSA) is 49.3 Å². The van der Waals surface area contributed by atoms with Crippen LogP contribution in [0, 0.1) is 0 Å². The lowest BCUT2D eigenvalue weighted by atomic mass is 10.3. The highest BCUT2D eigenvalue weighted by atomic mass is 32.2. The Kier molecular flexibility index (Phi) is 4.07. The summed E-state index contributed by atoms with van der Waals surface area (Å²) in [7, 11) is 0. The Morgan fingerprint density at radius 3 is 3.00 bits per heavy atom. The minimum absolute atomic E-state index is 0.884. The maximum absolute atomic E-state index is 10.2. The van der Waals surface area contributed by atoms with Crippen molar-refractivity contribution >= 4 is 23.4 Å². The molecule has 1 aromatic rings. The Morgan fingerprint density at radius 1 is 1.57 bits per heavy atom. The largest absolute Gasteiger partial charge is 0.478 e. The third-order valence-electron chi connectivity index (χ3n) is 1.55. The van der Waals surface area contributed by atoms with Crippen molar-refractivity contribution < 1.29 is 9.90 Å². The van der Waals surface area contributed by atoms with Gasteiger partial charge in [0.15, 0.2) is 0 Å². The van der Waals surface area contributed by atoms with E-state index in [-0.39, 0.29) is 0 Å². The molecule has 0 saturated carbocycles. The number of thioether (sulfide) groups is 1. The molecule has 0 fully saturated rings. The van der Waals surface area contributed by atoms with E-state index in [2.05, 4.69) is 5.32 Å². The number of benzene rings is 1. The van der Waals surface area contributed by atoms with Crippen LogP contribution >= 0.6 is 11.8 Å². The van der Waals surface area contributed by atoms with E-state index in [0.717, 1.165) is 16.7 Å². The molecule has 0 radical (unpaired) electrons. The van der Waals surface area contributed by atoms with Crippen LogP contribution in [-0.2, 0) is 4.79 Å². The summed E-state index contributed by atoms with van der Waals surface area (Å²) in [6.07, 6.45) is 4.46. The zero-order valence-corrected chi connectivity index (χ0v) is 8.54. The van der Waals surface area contributed by atoms with Gasteiger partial charge in [0.05, 0.1) is 0 Å². The van der Waals surface area contributed by atoms with Gasteiger partial charge in [-0.25, -0.2) is 4.79 Å². The first-order chi connectivity index (χ1) is 6.72. The molecular formula is C10H11NO2S. The zero-order valence-electron chi connectivity index (χ0n) is 7.73. The van der Waals surface area contributed by atoms with E-state index in [0.29, 0.717) is 0 Å². The molecule has 1 rings (SSSR count). The fourth-order valence-electron chi connectivity index (χ4n) is 0.922. The number of aliphatic carboxylic acids is 1. The number of carbonyl (C=O) groups is 1. The fourth-order valence-corrected chi connectivity index (χ4v) is 1.38. The lowest BCUT2D eigenvalue weighted by Crippen LogP contribution is -1.92. The van der Waals surface area contributed by atoms with E-state index in [4.69, 9.17) is 5.11 Å². The van der Waals surface area contributed by atoms with Crippen molar-refractivity contribution in [1.82, 2.24) is 0 Å². The molecule has 0 saturated heterocycles. The summed E-state index contributed by atoms with van der Waals surface area (Å²) in [4.78, 5) is 11.3.